The van der Waals surface area contributed by atoms with Gasteiger partial charge in [0.1, 0.15) is 5.82 Å². The molecule has 6 heteroatoms. The summed E-state index contributed by atoms with van der Waals surface area (Å²) in [7, 11) is 0. The Morgan fingerprint density at radius 1 is 1.17 bits per heavy atom. The molecule has 0 heterocycles. The minimum absolute atomic E-state index is 0.112. The van der Waals surface area contributed by atoms with Crippen LogP contribution in [0.3, 0.4) is 0 Å². The number of benzene rings is 1. The Morgan fingerprint density at radius 2 is 1.89 bits per heavy atom. The summed E-state index contributed by atoms with van der Waals surface area (Å²) in [4.78, 5) is 0. The van der Waals surface area contributed by atoms with Crippen LogP contribution in [0, 0.1) is 5.82 Å². The number of halogens is 5. The molecule has 102 valence electrons. The number of rotatable bonds is 6. The molecule has 1 aromatic rings. The summed E-state index contributed by atoms with van der Waals surface area (Å²) in [6.07, 6.45) is -4.27. The molecule has 0 bridgehead atoms. The highest BCUT2D eigenvalue weighted by atomic mass is 79.9. The summed E-state index contributed by atoms with van der Waals surface area (Å²) in [5, 5.41) is 2.99. The fourth-order valence-corrected chi connectivity index (χ4v) is 1.86. The van der Waals surface area contributed by atoms with Gasteiger partial charge in [0.25, 0.3) is 0 Å². The highest BCUT2D eigenvalue weighted by molar-refractivity contribution is 9.10. The largest absolute Gasteiger partial charge is 0.389 e. The Labute approximate surface area is 112 Å². The van der Waals surface area contributed by atoms with Crippen molar-refractivity contribution in [3.05, 3.63) is 34.1 Å². The van der Waals surface area contributed by atoms with Gasteiger partial charge in [-0.2, -0.15) is 13.2 Å². The third-order valence-corrected chi connectivity index (χ3v) is 3.16. The summed E-state index contributed by atoms with van der Waals surface area (Å²) in [5.74, 6) is -0.327. The van der Waals surface area contributed by atoms with Gasteiger partial charge in [-0.3, -0.25) is 0 Å². The van der Waals surface area contributed by atoms with Crippen LogP contribution in [-0.2, 0) is 6.54 Å². The zero-order valence-corrected chi connectivity index (χ0v) is 11.2. The minimum Gasteiger partial charge on any atom is -0.313 e. The van der Waals surface area contributed by atoms with E-state index in [4.69, 9.17) is 0 Å². The predicted molar refractivity (Wildman–Crippen MR) is 65.7 cm³/mol. The van der Waals surface area contributed by atoms with E-state index in [0.717, 1.165) is 10.0 Å². The molecule has 0 aliphatic carbocycles. The van der Waals surface area contributed by atoms with Crippen molar-refractivity contribution >= 4 is 15.9 Å². The van der Waals surface area contributed by atoms with Crippen molar-refractivity contribution in [1.82, 2.24) is 5.32 Å². The highest BCUT2D eigenvalue weighted by Gasteiger charge is 2.25. The highest BCUT2D eigenvalue weighted by Crippen LogP contribution is 2.22. The van der Waals surface area contributed by atoms with Crippen LogP contribution in [0.25, 0.3) is 0 Å². The summed E-state index contributed by atoms with van der Waals surface area (Å²) >= 11 is 3.28. The predicted octanol–water partition coefficient (Wildman–Crippen LogP) is 4.41. The Kier molecular flexibility index (Phi) is 6.08. The summed E-state index contributed by atoms with van der Waals surface area (Å²) in [5.41, 5.74) is 0.755. The van der Waals surface area contributed by atoms with Crippen molar-refractivity contribution in [2.24, 2.45) is 0 Å². The lowest BCUT2D eigenvalue weighted by Crippen LogP contribution is -2.16. The van der Waals surface area contributed by atoms with E-state index in [9.17, 15) is 17.6 Å². The first-order valence-electron chi connectivity index (χ1n) is 5.60. The van der Waals surface area contributed by atoms with E-state index in [-0.39, 0.29) is 12.2 Å². The van der Waals surface area contributed by atoms with E-state index in [2.05, 4.69) is 21.2 Å². The van der Waals surface area contributed by atoms with Crippen LogP contribution in [0.1, 0.15) is 24.8 Å². The first kappa shape index (κ1) is 15.4. The zero-order chi connectivity index (χ0) is 13.6. The molecule has 1 rings (SSSR count). The van der Waals surface area contributed by atoms with E-state index in [1.54, 1.807) is 6.07 Å². The lowest BCUT2D eigenvalue weighted by Gasteiger charge is -2.08. The molecule has 0 saturated carbocycles. The standard InChI is InChI=1S/C12H14BrF4N/c13-11-4-3-10(14)7-9(11)8-18-6-2-1-5-12(15,16)17/h3-4,7,18H,1-2,5-6,8H2. The molecule has 0 atom stereocenters. The van der Waals surface area contributed by atoms with Gasteiger partial charge < -0.3 is 5.32 Å². The van der Waals surface area contributed by atoms with Crippen molar-refractivity contribution in [1.29, 1.82) is 0 Å². The maximum Gasteiger partial charge on any atom is 0.389 e. The Bertz CT molecular complexity index is 379. The second-order valence-electron chi connectivity index (χ2n) is 3.98. The topological polar surface area (TPSA) is 12.0 Å². The van der Waals surface area contributed by atoms with E-state index >= 15 is 0 Å². The second kappa shape index (κ2) is 7.09. The van der Waals surface area contributed by atoms with Gasteiger partial charge in [0.15, 0.2) is 0 Å². The molecule has 0 unspecified atom stereocenters. The first-order valence-corrected chi connectivity index (χ1v) is 6.39. The van der Waals surface area contributed by atoms with Crippen LogP contribution >= 0.6 is 15.9 Å². The van der Waals surface area contributed by atoms with Crippen molar-refractivity contribution in [2.75, 3.05) is 6.54 Å². The van der Waals surface area contributed by atoms with Crippen LogP contribution in [0.5, 0.6) is 0 Å². The molecule has 0 spiro atoms. The molecular formula is C12H14BrF4N. The molecule has 18 heavy (non-hydrogen) atoms. The van der Waals surface area contributed by atoms with Crippen molar-refractivity contribution < 1.29 is 17.6 Å². The smallest absolute Gasteiger partial charge is 0.313 e. The third kappa shape index (κ3) is 6.35. The number of hydrogen-bond acceptors (Lipinski definition) is 1. The normalized spacial score (nSPS) is 11.8. The number of nitrogens with one attached hydrogen (secondary N) is 1. The van der Waals surface area contributed by atoms with E-state index < -0.39 is 12.6 Å². The Morgan fingerprint density at radius 3 is 2.56 bits per heavy atom. The Balaban J connectivity index is 2.20. The van der Waals surface area contributed by atoms with E-state index in [1.807, 2.05) is 0 Å². The fourth-order valence-electron chi connectivity index (χ4n) is 1.48. The zero-order valence-electron chi connectivity index (χ0n) is 9.66. The fraction of sp³-hybridized carbons (Fsp3) is 0.500. The van der Waals surface area contributed by atoms with E-state index in [0.29, 0.717) is 19.5 Å². The minimum atomic E-state index is -4.08. The number of alkyl halides is 3. The van der Waals surface area contributed by atoms with Gasteiger partial charge in [-0.1, -0.05) is 15.9 Å². The van der Waals surface area contributed by atoms with Crippen LogP contribution in [0.15, 0.2) is 22.7 Å². The second-order valence-corrected chi connectivity index (χ2v) is 4.84. The monoisotopic (exact) mass is 327 g/mol. The molecule has 1 aromatic carbocycles. The molecule has 0 aliphatic rings. The Hall–Kier alpha value is -0.620. The third-order valence-electron chi connectivity index (χ3n) is 2.39. The van der Waals surface area contributed by atoms with Crippen LogP contribution in [0.4, 0.5) is 17.6 Å². The van der Waals surface area contributed by atoms with Gasteiger partial charge in [-0.05, 0) is 43.1 Å². The van der Waals surface area contributed by atoms with Gasteiger partial charge in [-0.25, -0.2) is 4.39 Å². The average Bonchev–Trinajstić information content (AvgIpc) is 2.26. The molecule has 0 saturated heterocycles. The van der Waals surface area contributed by atoms with Gasteiger partial charge in [-0.15, -0.1) is 0 Å². The van der Waals surface area contributed by atoms with Gasteiger partial charge >= 0.3 is 6.18 Å². The first-order chi connectivity index (χ1) is 8.38. The molecule has 1 nitrogen and oxygen atoms in total. The molecule has 0 fully saturated rings. The summed E-state index contributed by atoms with van der Waals surface area (Å²) in [6.45, 7) is 0.920. The van der Waals surface area contributed by atoms with Crippen LogP contribution < -0.4 is 5.32 Å². The van der Waals surface area contributed by atoms with Gasteiger partial charge in [0, 0.05) is 17.4 Å². The molecule has 0 aliphatic heterocycles. The molecule has 0 radical (unpaired) electrons. The molecular weight excluding hydrogens is 314 g/mol. The SMILES string of the molecule is Fc1ccc(Br)c(CNCCCCC(F)(F)F)c1. The lowest BCUT2D eigenvalue weighted by molar-refractivity contribution is -0.135. The van der Waals surface area contributed by atoms with Crippen molar-refractivity contribution in [2.45, 2.75) is 32.0 Å². The summed E-state index contributed by atoms with van der Waals surface area (Å²) in [6, 6.07) is 4.35. The quantitative estimate of drug-likeness (QED) is 0.602. The summed E-state index contributed by atoms with van der Waals surface area (Å²) < 4.78 is 49.3. The molecule has 1 N–H and O–H groups in total. The molecule has 0 aromatic heterocycles. The van der Waals surface area contributed by atoms with Crippen LogP contribution in [-0.4, -0.2) is 12.7 Å². The van der Waals surface area contributed by atoms with Crippen molar-refractivity contribution in [3.8, 4) is 0 Å². The maximum atomic E-state index is 12.9. The lowest BCUT2D eigenvalue weighted by atomic mass is 10.2. The van der Waals surface area contributed by atoms with Crippen LogP contribution in [0.2, 0.25) is 0 Å². The number of hydrogen-bond donors (Lipinski definition) is 1. The molecule has 0 amide bonds. The van der Waals surface area contributed by atoms with E-state index in [1.165, 1.54) is 12.1 Å². The van der Waals surface area contributed by atoms with Gasteiger partial charge in [0.05, 0.1) is 0 Å². The maximum absolute atomic E-state index is 12.9. The van der Waals surface area contributed by atoms with Gasteiger partial charge in [0.2, 0.25) is 0 Å². The number of unbranched alkanes of at least 4 members (excludes halogenated alkanes) is 1. The average molecular weight is 328 g/mol. The van der Waals surface area contributed by atoms with Crippen molar-refractivity contribution in [3.63, 3.8) is 0 Å².